The van der Waals surface area contributed by atoms with E-state index in [0.717, 1.165) is 61.4 Å². The van der Waals surface area contributed by atoms with E-state index in [1.165, 1.54) is 5.56 Å². The Bertz CT molecular complexity index is 1120. The molecule has 0 amide bonds. The summed E-state index contributed by atoms with van der Waals surface area (Å²) in [6.07, 6.45) is 1.52. The van der Waals surface area contributed by atoms with Crippen LogP contribution in [0.15, 0.2) is 47.6 Å². The number of carbonyl (C=O) groups excluding carboxylic acids is 1. The number of carbonyl (C=O) groups is 1. The first-order valence-electron chi connectivity index (χ1n) is 12.4. The van der Waals surface area contributed by atoms with Crippen molar-refractivity contribution in [3.05, 3.63) is 59.2 Å². The van der Waals surface area contributed by atoms with Crippen LogP contribution in [0.1, 0.15) is 36.5 Å². The lowest BCUT2D eigenvalue weighted by atomic mass is 9.91. The Morgan fingerprint density at radius 2 is 2.03 bits per heavy atom. The second kappa shape index (κ2) is 10.1. The summed E-state index contributed by atoms with van der Waals surface area (Å²) < 4.78 is 17.3. The second-order valence-electron chi connectivity index (χ2n) is 10.2. The van der Waals surface area contributed by atoms with Crippen molar-refractivity contribution in [1.29, 1.82) is 0 Å². The fourth-order valence-corrected chi connectivity index (χ4v) is 4.92. The minimum absolute atomic E-state index is 0.000163. The maximum absolute atomic E-state index is 11.8. The summed E-state index contributed by atoms with van der Waals surface area (Å²) in [6.45, 7) is 7.91. The Kier molecular flexibility index (Phi) is 6.87. The zero-order chi connectivity index (χ0) is 25.3. The van der Waals surface area contributed by atoms with Crippen molar-refractivity contribution in [2.75, 3.05) is 33.4 Å². The first-order valence-corrected chi connectivity index (χ1v) is 12.4. The topological polar surface area (TPSA) is 87.1 Å². The third kappa shape index (κ3) is 4.91. The number of ether oxygens (including phenoxy) is 3. The van der Waals surface area contributed by atoms with Crippen LogP contribution in [0.2, 0.25) is 0 Å². The van der Waals surface area contributed by atoms with Gasteiger partial charge in [-0.05, 0) is 61.3 Å². The van der Waals surface area contributed by atoms with Gasteiger partial charge in [0.1, 0.15) is 11.5 Å². The molecule has 3 unspecified atom stereocenters. The quantitative estimate of drug-likeness (QED) is 0.533. The van der Waals surface area contributed by atoms with Gasteiger partial charge in [-0.2, -0.15) is 10.1 Å². The van der Waals surface area contributed by atoms with Crippen LogP contribution < -0.4 is 9.47 Å². The number of rotatable bonds is 9. The number of hydrazone groups is 1. The monoisotopic (exact) mass is 494 g/mol. The van der Waals surface area contributed by atoms with Gasteiger partial charge in [-0.1, -0.05) is 19.1 Å². The lowest BCUT2D eigenvalue weighted by Crippen LogP contribution is -2.60. The van der Waals surface area contributed by atoms with E-state index >= 15 is 0 Å². The summed E-state index contributed by atoms with van der Waals surface area (Å²) in [7, 11) is 1.61. The SMILES string of the molecule is COc1ccc(C2=NN(N3CCC3Oc3ccc(CN4CCC(C)(CO)C4)cc3C)C(C=O)O2)cc1. The molecule has 0 bridgehead atoms. The minimum Gasteiger partial charge on any atom is -0.497 e. The molecular weight excluding hydrogens is 460 g/mol. The van der Waals surface area contributed by atoms with Crippen LogP contribution in [0.4, 0.5) is 0 Å². The summed E-state index contributed by atoms with van der Waals surface area (Å²) in [5.41, 5.74) is 3.07. The molecule has 192 valence electrons. The summed E-state index contributed by atoms with van der Waals surface area (Å²) >= 11 is 0. The number of aryl methyl sites for hydroxylation is 1. The van der Waals surface area contributed by atoms with Crippen LogP contribution >= 0.6 is 0 Å². The predicted molar refractivity (Wildman–Crippen MR) is 134 cm³/mol. The van der Waals surface area contributed by atoms with Gasteiger partial charge in [0.2, 0.25) is 5.90 Å². The normalized spacial score (nSPS) is 26.3. The van der Waals surface area contributed by atoms with Crippen LogP contribution in [-0.4, -0.2) is 78.1 Å². The fraction of sp³-hybridized carbons (Fsp3) is 0.481. The lowest BCUT2D eigenvalue weighted by molar-refractivity contribution is -0.218. The van der Waals surface area contributed by atoms with Crippen LogP contribution in [0, 0.1) is 12.3 Å². The Morgan fingerprint density at radius 1 is 1.22 bits per heavy atom. The molecule has 3 aliphatic rings. The third-order valence-corrected chi connectivity index (χ3v) is 7.23. The highest BCUT2D eigenvalue weighted by Gasteiger charge is 2.42. The van der Waals surface area contributed by atoms with E-state index in [0.29, 0.717) is 12.4 Å². The maximum Gasteiger partial charge on any atom is 0.260 e. The summed E-state index contributed by atoms with van der Waals surface area (Å²) in [5.74, 6) is 1.94. The van der Waals surface area contributed by atoms with E-state index in [1.54, 1.807) is 12.2 Å². The van der Waals surface area contributed by atoms with Crippen molar-refractivity contribution >= 4 is 12.2 Å². The smallest absolute Gasteiger partial charge is 0.260 e. The maximum atomic E-state index is 11.8. The largest absolute Gasteiger partial charge is 0.497 e. The van der Waals surface area contributed by atoms with E-state index < -0.39 is 6.23 Å². The van der Waals surface area contributed by atoms with Gasteiger partial charge in [-0.3, -0.25) is 9.69 Å². The molecule has 3 heterocycles. The van der Waals surface area contributed by atoms with Gasteiger partial charge >= 0.3 is 0 Å². The Morgan fingerprint density at radius 3 is 2.64 bits per heavy atom. The number of aliphatic hydroxyl groups excluding tert-OH is 1. The van der Waals surface area contributed by atoms with E-state index in [4.69, 9.17) is 14.2 Å². The Hall–Kier alpha value is -3.14. The third-order valence-electron chi connectivity index (χ3n) is 7.23. The second-order valence-corrected chi connectivity index (χ2v) is 10.2. The molecule has 2 aromatic carbocycles. The number of aliphatic hydroxyl groups is 1. The standard InChI is InChI=1S/C27H34N4O5/c1-19-14-20(15-29-13-11-27(2,17-29)18-33)4-9-23(19)35-24-10-12-30(24)31-25(16-32)36-26(28-31)21-5-7-22(34-3)8-6-21/h4-9,14,16,24-25,33H,10-13,15,17-18H2,1-3H3. The number of hydrogen-bond acceptors (Lipinski definition) is 9. The summed E-state index contributed by atoms with van der Waals surface area (Å²) in [6, 6.07) is 13.7. The first kappa shape index (κ1) is 24.5. The van der Waals surface area contributed by atoms with E-state index in [1.807, 2.05) is 35.3 Å². The number of hydrazine groups is 1. The molecule has 2 saturated heterocycles. The van der Waals surface area contributed by atoms with Crippen molar-refractivity contribution in [2.24, 2.45) is 10.5 Å². The highest BCUT2D eigenvalue weighted by molar-refractivity contribution is 5.95. The highest BCUT2D eigenvalue weighted by atomic mass is 16.6. The number of likely N-dealkylation sites (tertiary alicyclic amines) is 1. The van der Waals surface area contributed by atoms with Crippen molar-refractivity contribution in [2.45, 2.75) is 45.7 Å². The van der Waals surface area contributed by atoms with Gasteiger partial charge in [0.25, 0.3) is 6.23 Å². The number of methoxy groups -OCH3 is 1. The predicted octanol–water partition coefficient (Wildman–Crippen LogP) is 2.75. The molecule has 0 aliphatic carbocycles. The first-order chi connectivity index (χ1) is 17.4. The van der Waals surface area contributed by atoms with Gasteiger partial charge < -0.3 is 19.3 Å². The van der Waals surface area contributed by atoms with Crippen LogP contribution in [0.3, 0.4) is 0 Å². The lowest BCUT2D eigenvalue weighted by Gasteiger charge is -2.44. The molecule has 3 aliphatic heterocycles. The molecule has 0 spiro atoms. The molecule has 2 aromatic rings. The van der Waals surface area contributed by atoms with Gasteiger partial charge in [0, 0.05) is 43.6 Å². The zero-order valence-corrected chi connectivity index (χ0v) is 21.1. The van der Waals surface area contributed by atoms with E-state index in [-0.39, 0.29) is 18.2 Å². The molecule has 5 rings (SSSR count). The van der Waals surface area contributed by atoms with Gasteiger partial charge in [-0.15, -0.1) is 5.10 Å². The van der Waals surface area contributed by atoms with Crippen LogP contribution in [-0.2, 0) is 16.1 Å². The number of nitrogens with zero attached hydrogens (tertiary/aromatic N) is 4. The van der Waals surface area contributed by atoms with Crippen LogP contribution in [0.5, 0.6) is 11.5 Å². The Balaban J connectivity index is 1.23. The minimum atomic E-state index is -0.831. The van der Waals surface area contributed by atoms with Crippen molar-refractivity contribution < 1.29 is 24.1 Å². The zero-order valence-electron chi connectivity index (χ0n) is 21.1. The Labute approximate surface area is 211 Å². The van der Waals surface area contributed by atoms with Gasteiger partial charge in [0.15, 0.2) is 12.5 Å². The number of aldehydes is 1. The summed E-state index contributed by atoms with van der Waals surface area (Å²) in [4.78, 5) is 14.1. The average molecular weight is 495 g/mol. The highest BCUT2D eigenvalue weighted by Crippen LogP contribution is 2.33. The van der Waals surface area contributed by atoms with E-state index in [9.17, 15) is 9.90 Å². The van der Waals surface area contributed by atoms with Crippen LogP contribution in [0.25, 0.3) is 0 Å². The van der Waals surface area contributed by atoms with Gasteiger partial charge in [0.05, 0.1) is 7.11 Å². The molecule has 0 radical (unpaired) electrons. The fourth-order valence-electron chi connectivity index (χ4n) is 4.92. The summed E-state index contributed by atoms with van der Waals surface area (Å²) in [5, 5.41) is 17.7. The van der Waals surface area contributed by atoms with Crippen molar-refractivity contribution in [3.8, 4) is 11.5 Å². The average Bonchev–Trinajstić information content (AvgIpc) is 3.46. The van der Waals surface area contributed by atoms with Crippen molar-refractivity contribution in [3.63, 3.8) is 0 Å². The molecule has 0 saturated carbocycles. The van der Waals surface area contributed by atoms with E-state index in [2.05, 4.69) is 36.0 Å². The molecule has 9 heteroatoms. The number of benzene rings is 2. The molecule has 3 atom stereocenters. The number of hydrogen-bond donors (Lipinski definition) is 1. The molecule has 1 N–H and O–H groups in total. The molecule has 0 aromatic heterocycles. The molecule has 2 fully saturated rings. The van der Waals surface area contributed by atoms with Gasteiger partial charge in [-0.25, -0.2) is 0 Å². The molecule has 36 heavy (non-hydrogen) atoms. The molecule has 9 nitrogen and oxygen atoms in total. The van der Waals surface area contributed by atoms with Crippen molar-refractivity contribution in [1.82, 2.24) is 15.0 Å². The molecular formula is C27H34N4O5.